The molecule has 0 saturated heterocycles. The zero-order valence-corrected chi connectivity index (χ0v) is 19.5. The summed E-state index contributed by atoms with van der Waals surface area (Å²) in [7, 11) is 3.29. The molecular weight excluding hydrogens is 440 g/mol. The number of benzene rings is 4. The van der Waals surface area contributed by atoms with Crippen LogP contribution in [0.25, 0.3) is 16.8 Å². The van der Waals surface area contributed by atoms with Crippen LogP contribution in [0.2, 0.25) is 0 Å². The van der Waals surface area contributed by atoms with E-state index in [2.05, 4.69) is 18.7 Å². The van der Waals surface area contributed by atoms with Crippen molar-refractivity contribution in [3.63, 3.8) is 0 Å². The summed E-state index contributed by atoms with van der Waals surface area (Å²) >= 11 is 0. The second kappa shape index (κ2) is 9.03. The molecule has 0 amide bonds. The Morgan fingerprint density at radius 2 is 1.40 bits per heavy atom. The average Bonchev–Trinajstić information content (AvgIpc) is 2.92. The van der Waals surface area contributed by atoms with Gasteiger partial charge in [-0.25, -0.2) is 4.79 Å². The second-order valence-corrected chi connectivity index (χ2v) is 8.11. The second-order valence-electron chi connectivity index (χ2n) is 8.11. The van der Waals surface area contributed by atoms with Crippen molar-refractivity contribution in [1.29, 1.82) is 0 Å². The van der Waals surface area contributed by atoms with E-state index in [0.29, 0.717) is 5.75 Å². The largest absolute Gasteiger partial charge is 0.497 e. The van der Waals surface area contributed by atoms with Crippen molar-refractivity contribution in [2.75, 3.05) is 14.2 Å². The van der Waals surface area contributed by atoms with E-state index in [1.807, 2.05) is 72.8 Å². The molecule has 0 spiro atoms. The standard InChI is InChI=1S/C30H24O5/c1-4-29(31)34-25-11-5-20-6-16-28-26(27(20)19-25)17-18-30(35-28,21-7-12-23(32-2)13-8-21)22-9-14-24(33-3)15-10-22/h4-19H,1H2,2-3H3. The fourth-order valence-corrected chi connectivity index (χ4v) is 4.35. The molecule has 1 aliphatic heterocycles. The summed E-state index contributed by atoms with van der Waals surface area (Å²) in [5.74, 6) is 2.21. The smallest absolute Gasteiger partial charge is 0.335 e. The maximum absolute atomic E-state index is 11.7. The van der Waals surface area contributed by atoms with E-state index >= 15 is 0 Å². The van der Waals surface area contributed by atoms with Crippen LogP contribution in [0.1, 0.15) is 16.7 Å². The number of hydrogen-bond donors (Lipinski definition) is 0. The Morgan fingerprint density at radius 3 is 1.97 bits per heavy atom. The Hall–Kier alpha value is -4.51. The number of ether oxygens (including phenoxy) is 4. The van der Waals surface area contributed by atoms with E-state index < -0.39 is 11.6 Å². The predicted molar refractivity (Wildman–Crippen MR) is 136 cm³/mol. The molecule has 0 N–H and O–H groups in total. The number of fused-ring (bicyclic) bond motifs is 3. The lowest BCUT2D eigenvalue weighted by molar-refractivity contribution is -0.128. The highest BCUT2D eigenvalue weighted by atomic mass is 16.5. The highest BCUT2D eigenvalue weighted by Crippen LogP contribution is 2.45. The molecule has 0 unspecified atom stereocenters. The highest BCUT2D eigenvalue weighted by molar-refractivity contribution is 5.95. The summed E-state index contributed by atoms with van der Waals surface area (Å²) < 4.78 is 22.9. The van der Waals surface area contributed by atoms with Crippen LogP contribution >= 0.6 is 0 Å². The Kier molecular flexibility index (Phi) is 5.75. The molecule has 0 radical (unpaired) electrons. The molecular formula is C30H24O5. The molecule has 1 aliphatic rings. The van der Waals surface area contributed by atoms with E-state index in [1.54, 1.807) is 20.3 Å². The van der Waals surface area contributed by atoms with Gasteiger partial charge in [0.05, 0.1) is 14.2 Å². The van der Waals surface area contributed by atoms with E-state index in [9.17, 15) is 4.79 Å². The van der Waals surface area contributed by atoms with Crippen LogP contribution in [-0.2, 0) is 10.4 Å². The van der Waals surface area contributed by atoms with Crippen LogP contribution in [0.15, 0.2) is 97.6 Å². The lowest BCUT2D eigenvalue weighted by atomic mass is 9.83. The Morgan fingerprint density at radius 1 is 0.829 bits per heavy atom. The monoisotopic (exact) mass is 464 g/mol. The molecule has 35 heavy (non-hydrogen) atoms. The molecule has 5 heteroatoms. The number of methoxy groups -OCH3 is 2. The molecule has 5 rings (SSSR count). The van der Waals surface area contributed by atoms with Crippen LogP contribution < -0.4 is 18.9 Å². The van der Waals surface area contributed by atoms with Gasteiger partial charge in [0.25, 0.3) is 0 Å². The number of hydrogen-bond acceptors (Lipinski definition) is 5. The topological polar surface area (TPSA) is 54.0 Å². The van der Waals surface area contributed by atoms with Gasteiger partial charge in [-0.05, 0) is 65.4 Å². The predicted octanol–water partition coefficient (Wildman–Crippen LogP) is 6.30. The normalized spacial score (nSPS) is 13.4. The molecule has 4 aromatic carbocycles. The van der Waals surface area contributed by atoms with E-state index in [-0.39, 0.29) is 0 Å². The van der Waals surface area contributed by atoms with Gasteiger partial charge in [-0.15, -0.1) is 0 Å². The number of esters is 1. The first-order valence-corrected chi connectivity index (χ1v) is 11.1. The van der Waals surface area contributed by atoms with Crippen molar-refractivity contribution in [3.8, 4) is 23.0 Å². The number of carbonyl (C=O) groups is 1. The van der Waals surface area contributed by atoms with Crippen molar-refractivity contribution in [3.05, 3.63) is 114 Å². The fraction of sp³-hybridized carbons (Fsp3) is 0.100. The van der Waals surface area contributed by atoms with Crippen molar-refractivity contribution in [2.24, 2.45) is 0 Å². The van der Waals surface area contributed by atoms with Gasteiger partial charge in [0.15, 0.2) is 5.60 Å². The Bertz CT molecular complexity index is 1390. The molecule has 0 fully saturated rings. The first-order chi connectivity index (χ1) is 17.1. The summed E-state index contributed by atoms with van der Waals surface area (Å²) in [5, 5.41) is 1.93. The van der Waals surface area contributed by atoms with E-state index in [0.717, 1.165) is 50.8 Å². The quantitative estimate of drug-likeness (QED) is 0.190. The molecule has 174 valence electrons. The zero-order valence-electron chi connectivity index (χ0n) is 19.5. The summed E-state index contributed by atoms with van der Waals surface area (Å²) in [6, 6.07) is 25.2. The number of carbonyl (C=O) groups excluding carboxylic acids is 1. The zero-order chi connectivity index (χ0) is 24.4. The van der Waals surface area contributed by atoms with E-state index in [4.69, 9.17) is 18.9 Å². The minimum Gasteiger partial charge on any atom is -0.497 e. The Labute approximate surface area is 203 Å². The van der Waals surface area contributed by atoms with Crippen molar-refractivity contribution >= 4 is 22.8 Å². The molecule has 1 heterocycles. The average molecular weight is 465 g/mol. The van der Waals surface area contributed by atoms with Crippen LogP contribution in [0.5, 0.6) is 23.0 Å². The lowest BCUT2D eigenvalue weighted by Crippen LogP contribution is -2.34. The summed E-state index contributed by atoms with van der Waals surface area (Å²) in [6.07, 6.45) is 5.27. The summed E-state index contributed by atoms with van der Waals surface area (Å²) in [6.45, 7) is 3.46. The van der Waals surface area contributed by atoms with Crippen LogP contribution in [0, 0.1) is 0 Å². The van der Waals surface area contributed by atoms with E-state index in [1.165, 1.54) is 0 Å². The molecule has 5 nitrogen and oxygen atoms in total. The first kappa shape index (κ1) is 22.3. The SMILES string of the molecule is C=CC(=O)Oc1ccc2ccc3c(c2c1)C=CC(c1ccc(OC)cc1)(c1ccc(OC)cc1)O3. The lowest BCUT2D eigenvalue weighted by Gasteiger charge is -2.36. The molecule has 0 bridgehead atoms. The van der Waals surface area contributed by atoms with Crippen molar-refractivity contribution in [2.45, 2.75) is 5.60 Å². The molecule has 0 aliphatic carbocycles. The third-order valence-electron chi connectivity index (χ3n) is 6.17. The molecule has 0 saturated carbocycles. The van der Waals surface area contributed by atoms with Crippen molar-refractivity contribution < 1.29 is 23.7 Å². The van der Waals surface area contributed by atoms with Crippen LogP contribution in [0.3, 0.4) is 0 Å². The van der Waals surface area contributed by atoms with Crippen molar-refractivity contribution in [1.82, 2.24) is 0 Å². The minimum atomic E-state index is -0.855. The van der Waals surface area contributed by atoms with Gasteiger partial charge in [0, 0.05) is 22.8 Å². The van der Waals surface area contributed by atoms with Crippen LogP contribution in [-0.4, -0.2) is 20.2 Å². The fourth-order valence-electron chi connectivity index (χ4n) is 4.35. The van der Waals surface area contributed by atoms with Crippen LogP contribution in [0.4, 0.5) is 0 Å². The maximum atomic E-state index is 11.7. The van der Waals surface area contributed by atoms with Gasteiger partial charge in [-0.2, -0.15) is 0 Å². The van der Waals surface area contributed by atoms with Gasteiger partial charge in [-0.3, -0.25) is 0 Å². The molecule has 0 aromatic heterocycles. The van der Waals surface area contributed by atoms with Gasteiger partial charge in [0.2, 0.25) is 0 Å². The van der Waals surface area contributed by atoms with Gasteiger partial charge < -0.3 is 18.9 Å². The Balaban J connectivity index is 1.64. The number of rotatable bonds is 6. The maximum Gasteiger partial charge on any atom is 0.335 e. The summed E-state index contributed by atoms with van der Waals surface area (Å²) in [5.41, 5.74) is 1.97. The molecule has 4 aromatic rings. The van der Waals surface area contributed by atoms with Gasteiger partial charge in [0.1, 0.15) is 23.0 Å². The molecule has 0 atom stereocenters. The van der Waals surface area contributed by atoms with Gasteiger partial charge >= 0.3 is 5.97 Å². The third kappa shape index (κ3) is 4.02. The highest BCUT2D eigenvalue weighted by Gasteiger charge is 2.37. The summed E-state index contributed by atoms with van der Waals surface area (Å²) in [4.78, 5) is 11.7. The minimum absolute atomic E-state index is 0.450. The third-order valence-corrected chi connectivity index (χ3v) is 6.17. The first-order valence-electron chi connectivity index (χ1n) is 11.1. The van der Waals surface area contributed by atoms with Gasteiger partial charge in [-0.1, -0.05) is 43.0 Å².